The molecular weight excluding hydrogens is 381 g/mol. The van der Waals surface area contributed by atoms with Crippen LogP contribution in [0.2, 0.25) is 5.02 Å². The van der Waals surface area contributed by atoms with Crippen LogP contribution in [0.4, 0.5) is 4.39 Å². The quantitative estimate of drug-likeness (QED) is 0.696. The maximum absolute atomic E-state index is 13.4. The third-order valence-corrected chi connectivity index (χ3v) is 6.09. The van der Waals surface area contributed by atoms with Crippen LogP contribution in [0, 0.1) is 18.2 Å². The maximum atomic E-state index is 13.4. The molecule has 3 aliphatic carbocycles. The third-order valence-electron chi connectivity index (χ3n) is 5.79. The minimum Gasteiger partial charge on any atom is -0.484 e. The summed E-state index contributed by atoms with van der Waals surface area (Å²) in [6.45, 7) is 1.77. The summed E-state index contributed by atoms with van der Waals surface area (Å²) in [4.78, 5) is 24.8. The van der Waals surface area contributed by atoms with E-state index < -0.39 is 5.82 Å². The summed E-state index contributed by atoms with van der Waals surface area (Å²) in [5.74, 6) is -0.395. The highest BCUT2D eigenvalue weighted by Gasteiger charge is 2.68. The molecule has 5 rings (SSSR count). The molecule has 0 spiro atoms. The molecule has 6 heteroatoms. The molecule has 1 N–H and O–H groups in total. The van der Waals surface area contributed by atoms with Gasteiger partial charge in [-0.1, -0.05) is 35.9 Å². The number of amides is 1. The van der Waals surface area contributed by atoms with Gasteiger partial charge in [0.05, 0.1) is 5.02 Å². The van der Waals surface area contributed by atoms with E-state index >= 15 is 0 Å². The number of nitrogens with one attached hydrogen (secondary N) is 1. The smallest absolute Gasteiger partial charge is 0.258 e. The monoisotopic (exact) mass is 401 g/mol. The van der Waals surface area contributed by atoms with E-state index in [1.807, 2.05) is 31.2 Å². The maximum Gasteiger partial charge on any atom is 0.258 e. The summed E-state index contributed by atoms with van der Waals surface area (Å²) in [7, 11) is 0. The van der Waals surface area contributed by atoms with Crippen molar-refractivity contribution in [2.75, 3.05) is 6.61 Å². The molecule has 2 bridgehead atoms. The summed E-state index contributed by atoms with van der Waals surface area (Å²) in [5.41, 5.74) is 1.59. The Morgan fingerprint density at radius 2 is 1.89 bits per heavy atom. The molecule has 3 fully saturated rings. The molecular formula is C22H21ClFNO3. The SMILES string of the molecule is Cc1ccccc1C(=O)CC12CC(NC(=O)COc3ccc(Cl)c(F)c3)(C1)C2. The van der Waals surface area contributed by atoms with Gasteiger partial charge in [0, 0.05) is 23.6 Å². The van der Waals surface area contributed by atoms with E-state index in [-0.39, 0.29) is 40.0 Å². The molecule has 3 aliphatic rings. The molecule has 3 saturated carbocycles. The van der Waals surface area contributed by atoms with E-state index in [0.29, 0.717) is 6.42 Å². The zero-order valence-corrected chi connectivity index (χ0v) is 16.3. The Morgan fingerprint density at radius 1 is 1.18 bits per heavy atom. The standard InChI is InChI=1S/C22H21ClFNO3/c1-14-4-2-3-5-16(14)19(26)9-21-11-22(12-21,13-21)25-20(27)10-28-15-6-7-17(23)18(24)8-15/h2-8H,9-13H2,1H3,(H,25,27). The van der Waals surface area contributed by atoms with Crippen molar-refractivity contribution in [3.63, 3.8) is 0 Å². The van der Waals surface area contributed by atoms with Gasteiger partial charge in [-0.05, 0) is 49.3 Å². The molecule has 1 amide bonds. The van der Waals surface area contributed by atoms with Crippen LogP contribution in [0.3, 0.4) is 0 Å². The molecule has 0 heterocycles. The van der Waals surface area contributed by atoms with Gasteiger partial charge in [0.1, 0.15) is 11.6 Å². The molecule has 0 radical (unpaired) electrons. The van der Waals surface area contributed by atoms with Crippen LogP contribution in [0.1, 0.15) is 41.6 Å². The predicted molar refractivity (Wildman–Crippen MR) is 104 cm³/mol. The first kappa shape index (κ1) is 18.9. The van der Waals surface area contributed by atoms with Crippen LogP contribution < -0.4 is 10.1 Å². The summed E-state index contributed by atoms with van der Waals surface area (Å²) >= 11 is 5.63. The van der Waals surface area contributed by atoms with Gasteiger partial charge in [-0.3, -0.25) is 9.59 Å². The second-order valence-electron chi connectivity index (χ2n) is 8.14. The van der Waals surface area contributed by atoms with E-state index in [1.54, 1.807) is 0 Å². The van der Waals surface area contributed by atoms with Crippen LogP contribution in [0.5, 0.6) is 5.75 Å². The highest BCUT2D eigenvalue weighted by Crippen LogP contribution is 2.69. The fraction of sp³-hybridized carbons (Fsp3) is 0.364. The molecule has 0 aliphatic heterocycles. The van der Waals surface area contributed by atoms with Crippen LogP contribution in [-0.4, -0.2) is 23.8 Å². The van der Waals surface area contributed by atoms with Crippen molar-refractivity contribution in [3.05, 3.63) is 64.4 Å². The van der Waals surface area contributed by atoms with E-state index in [4.69, 9.17) is 16.3 Å². The van der Waals surface area contributed by atoms with E-state index in [0.717, 1.165) is 36.5 Å². The highest BCUT2D eigenvalue weighted by atomic mass is 35.5. The second-order valence-corrected chi connectivity index (χ2v) is 8.55. The van der Waals surface area contributed by atoms with Crippen LogP contribution in [0.25, 0.3) is 0 Å². The molecule has 0 saturated heterocycles. The summed E-state index contributed by atoms with van der Waals surface area (Å²) in [6, 6.07) is 11.7. The number of ether oxygens (including phenoxy) is 1. The van der Waals surface area contributed by atoms with Gasteiger partial charge in [0.15, 0.2) is 12.4 Å². The number of aryl methyl sites for hydroxylation is 1. The molecule has 0 unspecified atom stereocenters. The first-order valence-electron chi connectivity index (χ1n) is 9.28. The minimum atomic E-state index is -0.584. The zero-order valence-electron chi connectivity index (χ0n) is 15.6. The number of hydrogen-bond acceptors (Lipinski definition) is 3. The predicted octanol–water partition coefficient (Wildman–Crippen LogP) is 4.48. The number of ketones is 1. The normalized spacial score (nSPS) is 24.7. The van der Waals surface area contributed by atoms with Crippen molar-refractivity contribution >= 4 is 23.3 Å². The van der Waals surface area contributed by atoms with Crippen LogP contribution in [-0.2, 0) is 4.79 Å². The Labute approximate surface area is 168 Å². The molecule has 0 aromatic heterocycles. The largest absolute Gasteiger partial charge is 0.484 e. The number of hydrogen-bond donors (Lipinski definition) is 1. The van der Waals surface area contributed by atoms with Crippen molar-refractivity contribution in [2.24, 2.45) is 5.41 Å². The van der Waals surface area contributed by atoms with Gasteiger partial charge in [0.2, 0.25) is 0 Å². The topological polar surface area (TPSA) is 55.4 Å². The lowest BCUT2D eigenvalue weighted by Gasteiger charge is -2.70. The Balaban J connectivity index is 1.25. The number of benzene rings is 2. The number of carbonyl (C=O) groups is 2. The number of Topliss-reactive ketones (excluding diaryl/α,β-unsaturated/α-hetero) is 1. The average Bonchev–Trinajstić information content (AvgIpc) is 2.60. The molecule has 28 heavy (non-hydrogen) atoms. The fourth-order valence-electron chi connectivity index (χ4n) is 4.69. The minimum absolute atomic E-state index is 0.0104. The van der Waals surface area contributed by atoms with E-state index in [2.05, 4.69) is 5.32 Å². The van der Waals surface area contributed by atoms with Crippen LogP contribution in [0.15, 0.2) is 42.5 Å². The van der Waals surface area contributed by atoms with Gasteiger partial charge in [-0.25, -0.2) is 4.39 Å². The van der Waals surface area contributed by atoms with Gasteiger partial charge in [-0.15, -0.1) is 0 Å². The van der Waals surface area contributed by atoms with Gasteiger partial charge >= 0.3 is 0 Å². The summed E-state index contributed by atoms with van der Waals surface area (Å²) in [5, 5.41) is 3.02. The lowest BCUT2D eigenvalue weighted by atomic mass is 9.38. The number of halogens is 2. The van der Waals surface area contributed by atoms with Crippen molar-refractivity contribution in [1.82, 2.24) is 5.32 Å². The average molecular weight is 402 g/mol. The van der Waals surface area contributed by atoms with Gasteiger partial charge in [0.25, 0.3) is 5.91 Å². The first-order valence-corrected chi connectivity index (χ1v) is 9.65. The zero-order chi connectivity index (χ0) is 19.9. The van der Waals surface area contributed by atoms with E-state index in [1.165, 1.54) is 12.1 Å². The first-order chi connectivity index (χ1) is 13.3. The van der Waals surface area contributed by atoms with Crippen molar-refractivity contribution in [2.45, 2.75) is 38.1 Å². The Kier molecular flexibility index (Phi) is 4.66. The fourth-order valence-corrected chi connectivity index (χ4v) is 4.80. The molecule has 146 valence electrons. The molecule has 2 aromatic rings. The van der Waals surface area contributed by atoms with Crippen molar-refractivity contribution < 1.29 is 18.7 Å². The number of rotatable bonds is 7. The van der Waals surface area contributed by atoms with Crippen molar-refractivity contribution in [3.8, 4) is 5.75 Å². The Hall–Kier alpha value is -2.40. The molecule has 0 atom stereocenters. The lowest BCUT2D eigenvalue weighted by molar-refractivity contribution is -0.164. The van der Waals surface area contributed by atoms with Crippen LogP contribution >= 0.6 is 11.6 Å². The Bertz CT molecular complexity index is 939. The highest BCUT2D eigenvalue weighted by molar-refractivity contribution is 6.30. The van der Waals surface area contributed by atoms with Gasteiger partial charge < -0.3 is 10.1 Å². The second kappa shape index (κ2) is 6.89. The molecule has 4 nitrogen and oxygen atoms in total. The third kappa shape index (κ3) is 3.51. The number of carbonyl (C=O) groups excluding carboxylic acids is 2. The lowest BCUT2D eigenvalue weighted by Crippen LogP contribution is -2.75. The molecule has 2 aromatic carbocycles. The summed E-state index contributed by atoms with van der Waals surface area (Å²) in [6.07, 6.45) is 2.98. The Morgan fingerprint density at radius 3 is 2.57 bits per heavy atom. The van der Waals surface area contributed by atoms with E-state index in [9.17, 15) is 14.0 Å². The van der Waals surface area contributed by atoms with Crippen molar-refractivity contribution in [1.29, 1.82) is 0 Å². The summed E-state index contributed by atoms with van der Waals surface area (Å²) < 4.78 is 18.7. The van der Waals surface area contributed by atoms with Gasteiger partial charge in [-0.2, -0.15) is 0 Å².